The molecule has 3 nitrogen and oxygen atoms in total. The second-order valence-corrected chi connectivity index (χ2v) is 3.37. The van der Waals surface area contributed by atoms with Gasteiger partial charge in [-0.05, 0) is 25.2 Å². The van der Waals surface area contributed by atoms with E-state index in [1.807, 2.05) is 0 Å². The number of carbonyl (C=O) groups is 1. The lowest BCUT2D eigenvalue weighted by atomic mass is 10.1. The highest BCUT2D eigenvalue weighted by Crippen LogP contribution is 2.33. The monoisotopic (exact) mass is 247 g/mol. The number of hydrogen-bond donors (Lipinski definition) is 1. The summed E-state index contributed by atoms with van der Waals surface area (Å²) in [5.41, 5.74) is -0.704. The van der Waals surface area contributed by atoms with E-state index in [2.05, 4.69) is 5.32 Å². The van der Waals surface area contributed by atoms with E-state index in [1.165, 1.54) is 7.11 Å². The third-order valence-electron chi connectivity index (χ3n) is 2.17. The minimum atomic E-state index is -4.45. The van der Waals surface area contributed by atoms with Gasteiger partial charge in [0.05, 0.1) is 24.8 Å². The first-order chi connectivity index (χ1) is 7.90. The first-order valence-electron chi connectivity index (χ1n) is 4.83. The van der Waals surface area contributed by atoms with Gasteiger partial charge in [0.1, 0.15) is 5.75 Å². The number of benzene rings is 1. The summed E-state index contributed by atoms with van der Waals surface area (Å²) >= 11 is 0. The van der Waals surface area contributed by atoms with Crippen LogP contribution < -0.4 is 10.1 Å². The Balaban J connectivity index is 3.14. The zero-order chi connectivity index (χ0) is 13.1. The molecule has 0 spiro atoms. The molecule has 94 valence electrons. The third kappa shape index (κ3) is 3.20. The molecule has 0 aliphatic rings. The molecular weight excluding hydrogens is 235 g/mol. The molecule has 6 heteroatoms. The van der Waals surface area contributed by atoms with E-state index in [0.29, 0.717) is 0 Å². The average Bonchev–Trinajstić information content (AvgIpc) is 2.27. The summed E-state index contributed by atoms with van der Waals surface area (Å²) in [4.78, 5) is 11.6. The molecule has 0 saturated heterocycles. The number of carbonyl (C=O) groups excluding carboxylic acids is 1. The van der Waals surface area contributed by atoms with Crippen molar-refractivity contribution in [1.82, 2.24) is 5.32 Å². The number of halogens is 3. The van der Waals surface area contributed by atoms with Gasteiger partial charge in [-0.2, -0.15) is 13.2 Å². The quantitative estimate of drug-likeness (QED) is 0.828. The molecule has 0 atom stereocenters. The molecule has 1 rings (SSSR count). The molecule has 0 heterocycles. The normalized spacial score (nSPS) is 11.4. The van der Waals surface area contributed by atoms with E-state index in [4.69, 9.17) is 4.74 Å². The van der Waals surface area contributed by atoms with Crippen LogP contribution >= 0.6 is 0 Å². The highest BCUT2D eigenvalue weighted by atomic mass is 19.4. The SMILES string of the molecule is CNCC(=O)c1ccc(C(F)(F)F)cc1OC. The second kappa shape index (κ2) is 5.18. The van der Waals surface area contributed by atoms with Crippen LogP contribution in [0.15, 0.2) is 18.2 Å². The summed E-state index contributed by atoms with van der Waals surface area (Å²) in [6.45, 7) is 0.0434. The third-order valence-corrected chi connectivity index (χ3v) is 2.17. The smallest absolute Gasteiger partial charge is 0.416 e. The Labute approximate surface area is 96.6 Å². The number of methoxy groups -OCH3 is 1. The zero-order valence-electron chi connectivity index (χ0n) is 9.39. The molecule has 0 bridgehead atoms. The Morgan fingerprint density at radius 1 is 1.41 bits per heavy atom. The molecule has 0 unspecified atom stereocenters. The van der Waals surface area contributed by atoms with Crippen molar-refractivity contribution >= 4 is 5.78 Å². The van der Waals surface area contributed by atoms with Crippen molar-refractivity contribution in [2.45, 2.75) is 6.18 Å². The van der Waals surface area contributed by atoms with Crippen LogP contribution in [0.4, 0.5) is 13.2 Å². The number of rotatable bonds is 4. The summed E-state index contributed by atoms with van der Waals surface area (Å²) in [5.74, 6) is -0.391. The molecule has 0 aromatic heterocycles. The lowest BCUT2D eigenvalue weighted by Gasteiger charge is -2.11. The standard InChI is InChI=1S/C11H12F3NO2/c1-15-6-9(16)8-4-3-7(11(12,13)14)5-10(8)17-2/h3-5,15H,6H2,1-2H3. The Bertz CT molecular complexity index is 416. The van der Waals surface area contributed by atoms with Crippen molar-refractivity contribution in [3.05, 3.63) is 29.3 Å². The van der Waals surface area contributed by atoms with Gasteiger partial charge in [-0.15, -0.1) is 0 Å². The zero-order valence-corrected chi connectivity index (χ0v) is 9.39. The Hall–Kier alpha value is -1.56. The Morgan fingerprint density at radius 2 is 2.06 bits per heavy atom. The van der Waals surface area contributed by atoms with Gasteiger partial charge in [0.25, 0.3) is 0 Å². The van der Waals surface area contributed by atoms with E-state index in [-0.39, 0.29) is 23.6 Å². The minimum absolute atomic E-state index is 0.0434. The lowest BCUT2D eigenvalue weighted by Crippen LogP contribution is -2.19. The maximum atomic E-state index is 12.4. The van der Waals surface area contributed by atoms with Crippen molar-refractivity contribution in [3.63, 3.8) is 0 Å². The van der Waals surface area contributed by atoms with Crippen molar-refractivity contribution in [2.24, 2.45) is 0 Å². The van der Waals surface area contributed by atoms with E-state index in [1.54, 1.807) is 7.05 Å². The molecule has 1 N–H and O–H groups in total. The number of nitrogens with one attached hydrogen (secondary N) is 1. The molecule has 17 heavy (non-hydrogen) atoms. The maximum absolute atomic E-state index is 12.4. The van der Waals surface area contributed by atoms with Crippen LogP contribution in [0, 0.1) is 0 Å². The number of Topliss-reactive ketones (excluding diaryl/α,β-unsaturated/α-hetero) is 1. The average molecular weight is 247 g/mol. The van der Waals surface area contributed by atoms with Crippen molar-refractivity contribution in [3.8, 4) is 5.75 Å². The number of ether oxygens (including phenoxy) is 1. The fraction of sp³-hybridized carbons (Fsp3) is 0.364. The largest absolute Gasteiger partial charge is 0.496 e. The molecule has 0 amide bonds. The molecule has 0 fully saturated rings. The second-order valence-electron chi connectivity index (χ2n) is 3.37. The number of alkyl halides is 3. The van der Waals surface area contributed by atoms with Crippen LogP contribution in [0.3, 0.4) is 0 Å². The molecule has 1 aromatic carbocycles. The number of hydrogen-bond acceptors (Lipinski definition) is 3. The van der Waals surface area contributed by atoms with Crippen molar-refractivity contribution < 1.29 is 22.7 Å². The van der Waals surface area contributed by atoms with Crippen LogP contribution in [-0.4, -0.2) is 26.5 Å². The topological polar surface area (TPSA) is 38.3 Å². The Kier molecular flexibility index (Phi) is 4.11. The van der Waals surface area contributed by atoms with E-state index in [0.717, 1.165) is 18.2 Å². The molecule has 0 radical (unpaired) electrons. The first-order valence-corrected chi connectivity index (χ1v) is 4.83. The van der Waals surface area contributed by atoms with Crippen molar-refractivity contribution in [1.29, 1.82) is 0 Å². The molecule has 0 saturated carbocycles. The fourth-order valence-electron chi connectivity index (χ4n) is 1.35. The van der Waals surface area contributed by atoms with Gasteiger partial charge >= 0.3 is 6.18 Å². The highest BCUT2D eigenvalue weighted by Gasteiger charge is 2.31. The van der Waals surface area contributed by atoms with Gasteiger partial charge in [-0.3, -0.25) is 4.79 Å². The number of likely N-dealkylation sites (N-methyl/N-ethyl adjacent to an activating group) is 1. The van der Waals surface area contributed by atoms with Gasteiger partial charge in [-0.25, -0.2) is 0 Å². The van der Waals surface area contributed by atoms with Gasteiger partial charge in [0, 0.05) is 0 Å². The summed E-state index contributed by atoms with van der Waals surface area (Å²) in [6, 6.07) is 2.82. The molecule has 1 aromatic rings. The van der Waals surface area contributed by atoms with Gasteiger partial charge < -0.3 is 10.1 Å². The Morgan fingerprint density at radius 3 is 2.53 bits per heavy atom. The number of ketones is 1. The van der Waals surface area contributed by atoms with Crippen LogP contribution in [-0.2, 0) is 6.18 Å². The molecule has 0 aliphatic heterocycles. The van der Waals surface area contributed by atoms with Gasteiger partial charge in [-0.1, -0.05) is 0 Å². The van der Waals surface area contributed by atoms with Crippen LogP contribution in [0.5, 0.6) is 5.75 Å². The van der Waals surface area contributed by atoms with E-state index >= 15 is 0 Å². The minimum Gasteiger partial charge on any atom is -0.496 e. The van der Waals surface area contributed by atoms with Crippen LogP contribution in [0.25, 0.3) is 0 Å². The summed E-state index contributed by atoms with van der Waals surface area (Å²) in [7, 11) is 2.81. The summed E-state index contributed by atoms with van der Waals surface area (Å²) in [5, 5.41) is 2.63. The maximum Gasteiger partial charge on any atom is 0.416 e. The molecular formula is C11H12F3NO2. The predicted octanol–water partition coefficient (Wildman–Crippen LogP) is 2.12. The first kappa shape index (κ1) is 13.5. The van der Waals surface area contributed by atoms with Gasteiger partial charge in [0.2, 0.25) is 0 Å². The van der Waals surface area contributed by atoms with Crippen LogP contribution in [0.1, 0.15) is 15.9 Å². The van der Waals surface area contributed by atoms with E-state index in [9.17, 15) is 18.0 Å². The van der Waals surface area contributed by atoms with Crippen molar-refractivity contribution in [2.75, 3.05) is 20.7 Å². The summed E-state index contributed by atoms with van der Waals surface area (Å²) < 4.78 is 42.1. The predicted molar refractivity (Wildman–Crippen MR) is 56.3 cm³/mol. The van der Waals surface area contributed by atoms with E-state index < -0.39 is 11.7 Å². The van der Waals surface area contributed by atoms with Crippen LogP contribution in [0.2, 0.25) is 0 Å². The fourth-order valence-corrected chi connectivity index (χ4v) is 1.35. The molecule has 0 aliphatic carbocycles. The van der Waals surface area contributed by atoms with Gasteiger partial charge in [0.15, 0.2) is 5.78 Å². The lowest BCUT2D eigenvalue weighted by molar-refractivity contribution is -0.137. The summed E-state index contributed by atoms with van der Waals surface area (Å²) in [6.07, 6.45) is -4.45. The highest BCUT2D eigenvalue weighted by molar-refractivity contribution is 6.00.